The Morgan fingerprint density at radius 1 is 1.38 bits per heavy atom. The number of carboxylic acid groups (broad SMARTS) is 1. The number of hydrogen-bond donors (Lipinski definition) is 2. The molecule has 1 rings (SSSR count). The molecule has 1 amide bonds. The van der Waals surface area contributed by atoms with E-state index in [1.54, 1.807) is 12.1 Å². The summed E-state index contributed by atoms with van der Waals surface area (Å²) in [7, 11) is 0. The molecule has 1 atom stereocenters. The van der Waals surface area contributed by atoms with Crippen molar-refractivity contribution in [1.82, 2.24) is 5.32 Å². The van der Waals surface area contributed by atoms with Crippen molar-refractivity contribution in [1.29, 1.82) is 0 Å². The molecule has 86 valence electrons. The van der Waals surface area contributed by atoms with Crippen LogP contribution in [-0.4, -0.2) is 23.0 Å². The van der Waals surface area contributed by atoms with Crippen molar-refractivity contribution in [2.75, 3.05) is 0 Å². The molecule has 0 heterocycles. The van der Waals surface area contributed by atoms with Crippen LogP contribution in [0.15, 0.2) is 18.2 Å². The standard InChI is InChI=1S/C10H9Cl2NO3/c1-5(10(15)16)13-9(14)6-3-2-4-7(11)8(6)12/h2-5H,1H3,(H,13,14)(H,15,16)/t5-/m0/s1. The minimum Gasteiger partial charge on any atom is -0.480 e. The molecule has 0 aliphatic rings. The Kier molecular flexibility index (Phi) is 4.15. The van der Waals surface area contributed by atoms with Crippen LogP contribution in [0.4, 0.5) is 0 Å². The highest BCUT2D eigenvalue weighted by Crippen LogP contribution is 2.25. The lowest BCUT2D eigenvalue weighted by Gasteiger charge is -2.10. The Hall–Kier alpha value is -1.26. The summed E-state index contributed by atoms with van der Waals surface area (Å²) in [6, 6.07) is 3.59. The Morgan fingerprint density at radius 2 is 2.00 bits per heavy atom. The molecule has 0 aromatic heterocycles. The molecule has 0 radical (unpaired) electrons. The van der Waals surface area contributed by atoms with Gasteiger partial charge in [0.15, 0.2) is 0 Å². The Morgan fingerprint density at radius 3 is 2.56 bits per heavy atom. The molecule has 2 N–H and O–H groups in total. The summed E-state index contributed by atoms with van der Waals surface area (Å²) in [5.41, 5.74) is 0.155. The van der Waals surface area contributed by atoms with Gasteiger partial charge in [-0.2, -0.15) is 0 Å². The Balaban J connectivity index is 2.89. The number of hydrogen-bond acceptors (Lipinski definition) is 2. The predicted molar refractivity (Wildman–Crippen MR) is 61.0 cm³/mol. The topological polar surface area (TPSA) is 66.4 Å². The first kappa shape index (κ1) is 12.8. The summed E-state index contributed by atoms with van der Waals surface area (Å²) < 4.78 is 0. The number of halogens is 2. The maximum absolute atomic E-state index is 11.6. The van der Waals surface area contributed by atoms with Crippen molar-refractivity contribution in [3.8, 4) is 0 Å². The minimum absolute atomic E-state index is 0.110. The van der Waals surface area contributed by atoms with E-state index in [9.17, 15) is 9.59 Å². The molecule has 0 bridgehead atoms. The number of carboxylic acids is 1. The van der Waals surface area contributed by atoms with Gasteiger partial charge in [0.1, 0.15) is 6.04 Å². The zero-order valence-electron chi connectivity index (χ0n) is 8.33. The summed E-state index contributed by atoms with van der Waals surface area (Å²) in [6.45, 7) is 1.36. The van der Waals surface area contributed by atoms with Gasteiger partial charge in [0.25, 0.3) is 5.91 Å². The number of rotatable bonds is 3. The zero-order valence-corrected chi connectivity index (χ0v) is 9.84. The van der Waals surface area contributed by atoms with E-state index in [1.807, 2.05) is 0 Å². The van der Waals surface area contributed by atoms with E-state index < -0.39 is 17.9 Å². The maximum atomic E-state index is 11.6. The van der Waals surface area contributed by atoms with Crippen LogP contribution in [0.3, 0.4) is 0 Å². The van der Waals surface area contributed by atoms with Gasteiger partial charge >= 0.3 is 5.97 Å². The van der Waals surface area contributed by atoms with Crippen molar-refractivity contribution in [3.63, 3.8) is 0 Å². The van der Waals surface area contributed by atoms with E-state index in [-0.39, 0.29) is 15.6 Å². The van der Waals surface area contributed by atoms with Gasteiger partial charge in [0.05, 0.1) is 15.6 Å². The van der Waals surface area contributed by atoms with Gasteiger partial charge in [-0.1, -0.05) is 29.3 Å². The van der Waals surface area contributed by atoms with Crippen LogP contribution in [0.1, 0.15) is 17.3 Å². The van der Waals surface area contributed by atoms with E-state index in [2.05, 4.69) is 5.32 Å². The molecule has 4 nitrogen and oxygen atoms in total. The number of benzene rings is 1. The highest BCUT2D eigenvalue weighted by Gasteiger charge is 2.18. The van der Waals surface area contributed by atoms with Crippen LogP contribution in [0.2, 0.25) is 10.0 Å². The van der Waals surface area contributed by atoms with Gasteiger partial charge in [-0.3, -0.25) is 9.59 Å². The molecule has 0 saturated heterocycles. The fourth-order valence-electron chi connectivity index (χ4n) is 1.02. The first-order valence-corrected chi connectivity index (χ1v) is 5.16. The molecule has 6 heteroatoms. The SMILES string of the molecule is C[C@H](NC(=O)c1cccc(Cl)c1Cl)C(=O)O. The molecule has 0 fully saturated rings. The van der Waals surface area contributed by atoms with Crippen molar-refractivity contribution in [2.24, 2.45) is 0 Å². The first-order chi connectivity index (χ1) is 7.43. The van der Waals surface area contributed by atoms with Crippen molar-refractivity contribution in [3.05, 3.63) is 33.8 Å². The highest BCUT2D eigenvalue weighted by atomic mass is 35.5. The summed E-state index contributed by atoms with van der Waals surface area (Å²) >= 11 is 11.5. The van der Waals surface area contributed by atoms with Gasteiger partial charge in [-0.15, -0.1) is 0 Å². The van der Waals surface area contributed by atoms with Crippen molar-refractivity contribution >= 4 is 35.1 Å². The third-order valence-electron chi connectivity index (χ3n) is 1.91. The molecular formula is C10H9Cl2NO3. The quantitative estimate of drug-likeness (QED) is 0.877. The second-order valence-corrected chi connectivity index (χ2v) is 3.92. The smallest absolute Gasteiger partial charge is 0.325 e. The summed E-state index contributed by atoms with van der Waals surface area (Å²) in [5, 5.41) is 11.3. The largest absolute Gasteiger partial charge is 0.480 e. The van der Waals surface area contributed by atoms with Crippen LogP contribution in [0.25, 0.3) is 0 Å². The zero-order chi connectivity index (χ0) is 12.3. The number of aliphatic carboxylic acids is 1. The molecule has 0 unspecified atom stereocenters. The van der Waals surface area contributed by atoms with Gasteiger partial charge in [0.2, 0.25) is 0 Å². The van der Waals surface area contributed by atoms with Gasteiger partial charge < -0.3 is 10.4 Å². The molecule has 1 aromatic rings. The van der Waals surface area contributed by atoms with Gasteiger partial charge in [-0.25, -0.2) is 0 Å². The molecule has 0 aliphatic heterocycles. The van der Waals surface area contributed by atoms with Crippen LogP contribution in [-0.2, 0) is 4.79 Å². The monoisotopic (exact) mass is 261 g/mol. The van der Waals surface area contributed by atoms with Crippen LogP contribution in [0, 0.1) is 0 Å². The summed E-state index contributed by atoms with van der Waals surface area (Å²) in [5.74, 6) is -1.69. The summed E-state index contributed by atoms with van der Waals surface area (Å²) in [4.78, 5) is 22.2. The van der Waals surface area contributed by atoms with Crippen molar-refractivity contribution in [2.45, 2.75) is 13.0 Å². The van der Waals surface area contributed by atoms with E-state index in [1.165, 1.54) is 13.0 Å². The summed E-state index contributed by atoms with van der Waals surface area (Å²) in [6.07, 6.45) is 0. The first-order valence-electron chi connectivity index (χ1n) is 4.41. The van der Waals surface area contributed by atoms with E-state index in [0.29, 0.717) is 0 Å². The molecule has 16 heavy (non-hydrogen) atoms. The van der Waals surface area contributed by atoms with Crippen molar-refractivity contribution < 1.29 is 14.7 Å². The predicted octanol–water partition coefficient (Wildman–Crippen LogP) is 2.20. The fourth-order valence-corrected chi connectivity index (χ4v) is 1.40. The maximum Gasteiger partial charge on any atom is 0.325 e. The number of carbonyl (C=O) groups is 2. The molecular weight excluding hydrogens is 253 g/mol. The van der Waals surface area contributed by atoms with E-state index >= 15 is 0 Å². The normalized spacial score (nSPS) is 11.9. The Bertz CT molecular complexity index is 434. The second kappa shape index (κ2) is 5.18. The lowest BCUT2D eigenvalue weighted by molar-refractivity contribution is -0.138. The minimum atomic E-state index is -1.12. The third-order valence-corrected chi connectivity index (χ3v) is 2.73. The number of amides is 1. The van der Waals surface area contributed by atoms with Gasteiger partial charge in [-0.05, 0) is 19.1 Å². The second-order valence-electron chi connectivity index (χ2n) is 3.13. The number of nitrogens with one attached hydrogen (secondary N) is 1. The lowest BCUT2D eigenvalue weighted by atomic mass is 10.2. The third kappa shape index (κ3) is 2.87. The molecule has 0 spiro atoms. The van der Waals surface area contributed by atoms with E-state index in [4.69, 9.17) is 28.3 Å². The lowest BCUT2D eigenvalue weighted by Crippen LogP contribution is -2.38. The van der Waals surface area contributed by atoms with Crippen LogP contribution in [0.5, 0.6) is 0 Å². The molecule has 1 aromatic carbocycles. The average Bonchev–Trinajstić information content (AvgIpc) is 2.21. The van der Waals surface area contributed by atoms with Crippen LogP contribution < -0.4 is 5.32 Å². The Labute approximate surface area is 102 Å². The number of carbonyl (C=O) groups excluding carboxylic acids is 1. The molecule has 0 aliphatic carbocycles. The fraction of sp³-hybridized carbons (Fsp3) is 0.200. The molecule has 0 saturated carbocycles. The average molecular weight is 262 g/mol. The van der Waals surface area contributed by atoms with Gasteiger partial charge in [0, 0.05) is 0 Å². The highest BCUT2D eigenvalue weighted by molar-refractivity contribution is 6.43. The van der Waals surface area contributed by atoms with E-state index in [0.717, 1.165) is 0 Å². The van der Waals surface area contributed by atoms with Crippen LogP contribution >= 0.6 is 23.2 Å².